The van der Waals surface area contributed by atoms with Gasteiger partial charge < -0.3 is 19.3 Å². The highest BCUT2D eigenvalue weighted by Crippen LogP contribution is 2.25. The first-order chi connectivity index (χ1) is 12.7. The van der Waals surface area contributed by atoms with E-state index in [9.17, 15) is 4.79 Å². The second-order valence-corrected chi connectivity index (χ2v) is 5.59. The molecule has 0 aliphatic rings. The molecule has 1 heterocycles. The Balaban J connectivity index is 1.51. The van der Waals surface area contributed by atoms with Gasteiger partial charge in [0, 0.05) is 5.56 Å². The molecule has 0 saturated heterocycles. The van der Waals surface area contributed by atoms with Crippen molar-refractivity contribution in [3.8, 4) is 22.9 Å². The van der Waals surface area contributed by atoms with Crippen molar-refractivity contribution in [3.05, 3.63) is 60.0 Å². The minimum Gasteiger partial charge on any atom is -0.493 e. The third kappa shape index (κ3) is 4.38. The molecule has 7 nitrogen and oxygen atoms in total. The van der Waals surface area contributed by atoms with Crippen LogP contribution in [0, 0.1) is 6.92 Å². The lowest BCUT2D eigenvalue weighted by molar-refractivity contribution is -0.123. The first-order valence-corrected chi connectivity index (χ1v) is 8.08. The maximum atomic E-state index is 11.9. The first-order valence-electron chi connectivity index (χ1n) is 8.08. The summed E-state index contributed by atoms with van der Waals surface area (Å²) in [5, 5.41) is 6.60. The molecule has 134 valence electrons. The van der Waals surface area contributed by atoms with Crippen molar-refractivity contribution in [1.29, 1.82) is 0 Å². The third-order valence-electron chi connectivity index (χ3n) is 3.64. The molecule has 0 atom stereocenters. The van der Waals surface area contributed by atoms with Crippen LogP contribution in [0.5, 0.6) is 11.5 Å². The highest BCUT2D eigenvalue weighted by atomic mass is 16.5. The second-order valence-electron chi connectivity index (χ2n) is 5.59. The van der Waals surface area contributed by atoms with Gasteiger partial charge in [-0.2, -0.15) is 4.98 Å². The van der Waals surface area contributed by atoms with Crippen LogP contribution in [0.4, 0.5) is 0 Å². The predicted octanol–water partition coefficient (Wildman–Crippen LogP) is 2.75. The summed E-state index contributed by atoms with van der Waals surface area (Å²) < 4.78 is 15.8. The number of aryl methyl sites for hydroxylation is 1. The Hall–Kier alpha value is -3.35. The monoisotopic (exact) mass is 353 g/mol. The largest absolute Gasteiger partial charge is 0.493 e. The quantitative estimate of drug-likeness (QED) is 0.703. The Bertz CT molecular complexity index is 875. The lowest BCUT2D eigenvalue weighted by atomic mass is 10.1. The topological polar surface area (TPSA) is 86.5 Å². The van der Waals surface area contributed by atoms with E-state index in [-0.39, 0.29) is 19.1 Å². The maximum Gasteiger partial charge on any atom is 0.258 e. The number of rotatable bonds is 7. The SMILES string of the molecule is COc1ccccc1OCC(=O)NCc1nc(-c2ccc(C)cc2)no1. The number of carbonyl (C=O) groups is 1. The normalized spacial score (nSPS) is 10.4. The van der Waals surface area contributed by atoms with E-state index in [2.05, 4.69) is 15.5 Å². The van der Waals surface area contributed by atoms with Crippen LogP contribution in [-0.2, 0) is 11.3 Å². The summed E-state index contributed by atoms with van der Waals surface area (Å²) in [6, 6.07) is 14.9. The number of carbonyl (C=O) groups excluding carboxylic acids is 1. The van der Waals surface area contributed by atoms with Crippen LogP contribution in [0.2, 0.25) is 0 Å². The molecule has 3 aromatic rings. The van der Waals surface area contributed by atoms with Gasteiger partial charge in [-0.15, -0.1) is 0 Å². The summed E-state index contributed by atoms with van der Waals surface area (Å²) in [6.07, 6.45) is 0. The van der Waals surface area contributed by atoms with E-state index in [0.29, 0.717) is 23.2 Å². The van der Waals surface area contributed by atoms with E-state index >= 15 is 0 Å². The van der Waals surface area contributed by atoms with Crippen molar-refractivity contribution < 1.29 is 18.8 Å². The lowest BCUT2D eigenvalue weighted by Crippen LogP contribution is -2.28. The van der Waals surface area contributed by atoms with Gasteiger partial charge in [0.25, 0.3) is 5.91 Å². The molecule has 0 saturated carbocycles. The van der Waals surface area contributed by atoms with Crippen LogP contribution < -0.4 is 14.8 Å². The van der Waals surface area contributed by atoms with Gasteiger partial charge in [-0.05, 0) is 19.1 Å². The molecule has 0 spiro atoms. The van der Waals surface area contributed by atoms with E-state index in [1.165, 1.54) is 0 Å². The summed E-state index contributed by atoms with van der Waals surface area (Å²) in [7, 11) is 1.55. The zero-order chi connectivity index (χ0) is 18.4. The van der Waals surface area contributed by atoms with Crippen LogP contribution in [0.15, 0.2) is 53.1 Å². The molecule has 0 aliphatic carbocycles. The number of hydrogen-bond donors (Lipinski definition) is 1. The fourth-order valence-corrected chi connectivity index (χ4v) is 2.25. The molecular weight excluding hydrogens is 334 g/mol. The van der Waals surface area contributed by atoms with Crippen molar-refractivity contribution in [2.24, 2.45) is 0 Å². The van der Waals surface area contributed by atoms with E-state index in [1.54, 1.807) is 25.3 Å². The van der Waals surface area contributed by atoms with E-state index < -0.39 is 0 Å². The van der Waals surface area contributed by atoms with Crippen molar-refractivity contribution >= 4 is 5.91 Å². The summed E-state index contributed by atoms with van der Waals surface area (Å²) in [6.45, 7) is 2.00. The van der Waals surface area contributed by atoms with Gasteiger partial charge in [-0.3, -0.25) is 4.79 Å². The van der Waals surface area contributed by atoms with Gasteiger partial charge in [0.2, 0.25) is 11.7 Å². The predicted molar refractivity (Wildman–Crippen MR) is 94.8 cm³/mol. The van der Waals surface area contributed by atoms with Crippen LogP contribution in [-0.4, -0.2) is 29.8 Å². The van der Waals surface area contributed by atoms with Crippen LogP contribution in [0.1, 0.15) is 11.5 Å². The first kappa shape index (κ1) is 17.5. The van der Waals surface area contributed by atoms with Crippen LogP contribution in [0.25, 0.3) is 11.4 Å². The van der Waals surface area contributed by atoms with Crippen molar-refractivity contribution in [1.82, 2.24) is 15.5 Å². The molecule has 1 aromatic heterocycles. The minimum atomic E-state index is -0.300. The molecule has 1 N–H and O–H groups in total. The van der Waals surface area contributed by atoms with Crippen molar-refractivity contribution in [2.45, 2.75) is 13.5 Å². The zero-order valence-electron chi connectivity index (χ0n) is 14.6. The van der Waals surface area contributed by atoms with Gasteiger partial charge in [0.1, 0.15) is 0 Å². The van der Waals surface area contributed by atoms with Crippen molar-refractivity contribution in [2.75, 3.05) is 13.7 Å². The summed E-state index contributed by atoms with van der Waals surface area (Å²) in [5.41, 5.74) is 2.01. The van der Waals surface area contributed by atoms with E-state index in [0.717, 1.165) is 11.1 Å². The van der Waals surface area contributed by atoms with Crippen LogP contribution in [0.3, 0.4) is 0 Å². The molecule has 26 heavy (non-hydrogen) atoms. The zero-order valence-corrected chi connectivity index (χ0v) is 14.6. The van der Waals surface area contributed by atoms with E-state index in [1.807, 2.05) is 37.3 Å². The number of nitrogens with zero attached hydrogens (tertiary/aromatic N) is 2. The number of aromatic nitrogens is 2. The lowest BCUT2D eigenvalue weighted by Gasteiger charge is -2.09. The number of nitrogens with one attached hydrogen (secondary N) is 1. The molecule has 3 rings (SSSR count). The fourth-order valence-electron chi connectivity index (χ4n) is 2.25. The Morgan fingerprint density at radius 3 is 2.58 bits per heavy atom. The molecule has 0 bridgehead atoms. The van der Waals surface area contributed by atoms with Crippen LogP contribution >= 0.6 is 0 Å². The molecule has 0 unspecified atom stereocenters. The van der Waals surface area contributed by atoms with Gasteiger partial charge in [0.15, 0.2) is 18.1 Å². The molecular formula is C19H19N3O4. The Morgan fingerprint density at radius 1 is 1.12 bits per heavy atom. The fraction of sp³-hybridized carbons (Fsp3) is 0.211. The number of hydrogen-bond acceptors (Lipinski definition) is 6. The smallest absolute Gasteiger partial charge is 0.258 e. The Labute approximate surface area is 150 Å². The number of ether oxygens (including phenoxy) is 2. The molecule has 0 fully saturated rings. The van der Waals surface area contributed by atoms with Gasteiger partial charge in [-0.1, -0.05) is 47.1 Å². The highest BCUT2D eigenvalue weighted by Gasteiger charge is 2.11. The molecule has 2 aromatic carbocycles. The standard InChI is InChI=1S/C19H19N3O4/c1-13-7-9-14(10-8-13)19-21-18(26-22-19)11-20-17(23)12-25-16-6-4-3-5-15(16)24-2/h3-10H,11-12H2,1-2H3,(H,20,23). The van der Waals surface area contributed by atoms with Gasteiger partial charge in [-0.25, -0.2) is 0 Å². The van der Waals surface area contributed by atoms with E-state index in [4.69, 9.17) is 14.0 Å². The average Bonchev–Trinajstić information content (AvgIpc) is 3.14. The number of amides is 1. The average molecular weight is 353 g/mol. The molecule has 0 radical (unpaired) electrons. The Kier molecular flexibility index (Phi) is 5.48. The third-order valence-corrected chi connectivity index (χ3v) is 3.64. The second kappa shape index (κ2) is 8.15. The summed E-state index contributed by atoms with van der Waals surface area (Å²) in [4.78, 5) is 16.2. The minimum absolute atomic E-state index is 0.132. The molecule has 1 amide bonds. The summed E-state index contributed by atoms with van der Waals surface area (Å²) >= 11 is 0. The highest BCUT2D eigenvalue weighted by molar-refractivity contribution is 5.77. The number of para-hydroxylation sites is 2. The summed E-state index contributed by atoms with van der Waals surface area (Å²) in [5.74, 6) is 1.58. The Morgan fingerprint density at radius 2 is 1.85 bits per heavy atom. The van der Waals surface area contributed by atoms with Gasteiger partial charge >= 0.3 is 0 Å². The molecule has 0 aliphatic heterocycles. The van der Waals surface area contributed by atoms with Gasteiger partial charge in [0.05, 0.1) is 13.7 Å². The number of methoxy groups -OCH3 is 1. The number of benzene rings is 2. The van der Waals surface area contributed by atoms with Crippen molar-refractivity contribution in [3.63, 3.8) is 0 Å². The maximum absolute atomic E-state index is 11.9. The molecule has 7 heteroatoms.